The number of hydrogen-bond donors (Lipinski definition) is 3. The summed E-state index contributed by atoms with van der Waals surface area (Å²) in [4.78, 5) is 2.19. The van der Waals surface area contributed by atoms with Crippen LogP contribution in [0.2, 0.25) is 0 Å². The van der Waals surface area contributed by atoms with Crippen molar-refractivity contribution in [3.05, 3.63) is 88.5 Å². The molecule has 0 bridgehead atoms. The van der Waals surface area contributed by atoms with Crippen molar-refractivity contribution in [1.82, 2.24) is 4.90 Å². The van der Waals surface area contributed by atoms with E-state index in [0.29, 0.717) is 18.6 Å². The molecular weight excluding hydrogens is 485 g/mol. The first-order chi connectivity index (χ1) is 18.5. The zero-order valence-corrected chi connectivity index (χ0v) is 21.6. The van der Waals surface area contributed by atoms with Crippen molar-refractivity contribution in [3.63, 3.8) is 0 Å². The van der Waals surface area contributed by atoms with Crippen LogP contribution in [0.5, 0.6) is 17.2 Å². The Labute approximate surface area is 222 Å². The van der Waals surface area contributed by atoms with Crippen LogP contribution >= 0.6 is 0 Å². The molecule has 1 atom stereocenters. The number of phenols is 1. The Morgan fingerprint density at radius 3 is 2.50 bits per heavy atom. The van der Waals surface area contributed by atoms with Crippen molar-refractivity contribution in [3.8, 4) is 17.2 Å². The molecule has 0 spiro atoms. The van der Waals surface area contributed by atoms with Crippen LogP contribution in [-0.4, -0.2) is 59.7 Å². The number of aliphatic hydroxyl groups is 2. The third-order valence-corrected chi connectivity index (χ3v) is 7.44. The van der Waals surface area contributed by atoms with Crippen molar-refractivity contribution in [2.75, 3.05) is 39.5 Å². The van der Waals surface area contributed by atoms with Gasteiger partial charge in [0, 0.05) is 48.9 Å². The Balaban J connectivity index is 1.42. The second kappa shape index (κ2) is 11.6. The number of benzene rings is 3. The first-order valence-electron chi connectivity index (χ1n) is 13.1. The van der Waals surface area contributed by atoms with E-state index in [2.05, 4.69) is 4.90 Å². The summed E-state index contributed by atoms with van der Waals surface area (Å²) in [6.45, 7) is 4.53. The van der Waals surface area contributed by atoms with Gasteiger partial charge in [0.1, 0.15) is 30.0 Å². The van der Waals surface area contributed by atoms with Gasteiger partial charge in [0.25, 0.3) is 0 Å². The highest BCUT2D eigenvalue weighted by Crippen LogP contribution is 2.47. The first-order valence-corrected chi connectivity index (χ1v) is 13.1. The van der Waals surface area contributed by atoms with Gasteiger partial charge in [-0.15, -0.1) is 0 Å². The number of likely N-dealkylation sites (tertiary alicyclic amines) is 1. The minimum absolute atomic E-state index is 0.0349. The lowest BCUT2D eigenvalue weighted by molar-refractivity contribution is 0.0668. The van der Waals surface area contributed by atoms with Crippen LogP contribution in [0.15, 0.2) is 60.7 Å². The van der Waals surface area contributed by atoms with Crippen LogP contribution in [0.25, 0.3) is 11.1 Å². The standard InChI is InChI=1S/C31H34FNO5/c1-20-27-14-21(10-12-34)2-9-29(27)38-31(30(20)24-3-4-25(19-35)28(36)15-24)23-5-7-26(8-6-23)37-13-11-33-17-22(16-32)18-33/h2-9,14-15,22,31,34-36H,10-13,16-19H2,1H3/t31-/m1/s1. The Hall–Kier alpha value is -3.39. The highest BCUT2D eigenvalue weighted by Gasteiger charge is 2.30. The summed E-state index contributed by atoms with van der Waals surface area (Å²) in [5, 5.41) is 29.4. The summed E-state index contributed by atoms with van der Waals surface area (Å²) in [5.41, 5.74) is 6.13. The summed E-state index contributed by atoms with van der Waals surface area (Å²) in [5.74, 6) is 1.72. The van der Waals surface area contributed by atoms with Gasteiger partial charge in [-0.2, -0.15) is 0 Å². The molecule has 0 aromatic heterocycles. The number of ether oxygens (including phenoxy) is 2. The molecular formula is C31H34FNO5. The van der Waals surface area contributed by atoms with Crippen molar-refractivity contribution >= 4 is 11.1 Å². The van der Waals surface area contributed by atoms with Gasteiger partial charge < -0.3 is 24.8 Å². The molecule has 2 aliphatic heterocycles. The SMILES string of the molecule is CC1=C(c2ccc(CO)c(O)c2)[C@@H](c2ccc(OCCN3CC(CF)C3)cc2)Oc2ccc(CCO)cc21. The number of rotatable bonds is 10. The second-order valence-electron chi connectivity index (χ2n) is 10.0. The maximum atomic E-state index is 12.6. The van der Waals surface area contributed by atoms with E-state index in [0.717, 1.165) is 64.5 Å². The molecule has 3 aromatic rings. The third-order valence-electron chi connectivity index (χ3n) is 7.44. The number of fused-ring (bicyclic) bond motifs is 1. The highest BCUT2D eigenvalue weighted by molar-refractivity contribution is 5.95. The largest absolute Gasteiger partial charge is 0.508 e. The highest BCUT2D eigenvalue weighted by atomic mass is 19.1. The van der Waals surface area contributed by atoms with Gasteiger partial charge in [-0.3, -0.25) is 9.29 Å². The van der Waals surface area contributed by atoms with Gasteiger partial charge in [-0.1, -0.05) is 30.3 Å². The molecule has 2 aliphatic rings. The van der Waals surface area contributed by atoms with Crippen molar-refractivity contribution in [2.45, 2.75) is 26.1 Å². The molecule has 3 N–H and O–H groups in total. The first kappa shape index (κ1) is 26.2. The lowest BCUT2D eigenvalue weighted by Crippen LogP contribution is -2.49. The van der Waals surface area contributed by atoms with Gasteiger partial charge in [0.15, 0.2) is 0 Å². The fourth-order valence-corrected chi connectivity index (χ4v) is 5.24. The fraction of sp³-hybridized carbons (Fsp3) is 0.355. The van der Waals surface area contributed by atoms with E-state index in [1.54, 1.807) is 12.1 Å². The summed E-state index contributed by atoms with van der Waals surface area (Å²) in [6, 6.07) is 19.1. The van der Waals surface area contributed by atoms with Gasteiger partial charge in [-0.05, 0) is 65.9 Å². The molecule has 0 amide bonds. The van der Waals surface area contributed by atoms with Gasteiger partial charge in [0.2, 0.25) is 0 Å². The summed E-state index contributed by atoms with van der Waals surface area (Å²) in [7, 11) is 0. The van der Waals surface area contributed by atoms with Gasteiger partial charge in [-0.25, -0.2) is 0 Å². The Kier molecular flexibility index (Phi) is 7.98. The smallest absolute Gasteiger partial charge is 0.150 e. The van der Waals surface area contributed by atoms with E-state index in [1.165, 1.54) is 0 Å². The van der Waals surface area contributed by atoms with Crippen LogP contribution in [-0.2, 0) is 13.0 Å². The van der Waals surface area contributed by atoms with Gasteiger partial charge in [0.05, 0.1) is 13.3 Å². The molecule has 0 unspecified atom stereocenters. The van der Waals surface area contributed by atoms with Crippen LogP contribution in [0, 0.1) is 5.92 Å². The maximum absolute atomic E-state index is 12.6. The number of hydrogen-bond acceptors (Lipinski definition) is 6. The summed E-state index contributed by atoms with van der Waals surface area (Å²) >= 11 is 0. The molecule has 1 saturated heterocycles. The number of aliphatic hydroxyl groups excluding tert-OH is 2. The lowest BCUT2D eigenvalue weighted by atomic mass is 9.85. The topological polar surface area (TPSA) is 82.4 Å². The second-order valence-corrected chi connectivity index (χ2v) is 10.0. The Morgan fingerprint density at radius 1 is 1.03 bits per heavy atom. The Bertz CT molecular complexity index is 1300. The molecule has 7 heteroatoms. The fourth-order valence-electron chi connectivity index (χ4n) is 5.24. The average molecular weight is 520 g/mol. The van der Waals surface area contributed by atoms with E-state index in [1.807, 2.05) is 55.5 Å². The predicted molar refractivity (Wildman–Crippen MR) is 145 cm³/mol. The number of nitrogens with zero attached hydrogens (tertiary/aromatic N) is 1. The molecule has 0 radical (unpaired) electrons. The Morgan fingerprint density at radius 2 is 1.82 bits per heavy atom. The summed E-state index contributed by atoms with van der Waals surface area (Å²) in [6.07, 6.45) is 0.138. The van der Waals surface area contributed by atoms with E-state index >= 15 is 0 Å². The van der Waals surface area contributed by atoms with E-state index in [4.69, 9.17) is 9.47 Å². The number of halogens is 1. The molecule has 6 nitrogen and oxygen atoms in total. The van der Waals surface area contributed by atoms with Crippen molar-refractivity contribution < 1.29 is 29.2 Å². The monoisotopic (exact) mass is 519 g/mol. The quantitative estimate of drug-likeness (QED) is 0.358. The molecule has 200 valence electrons. The zero-order valence-electron chi connectivity index (χ0n) is 21.6. The minimum atomic E-state index is -0.418. The third kappa shape index (κ3) is 5.41. The van der Waals surface area contributed by atoms with Crippen molar-refractivity contribution in [2.24, 2.45) is 5.92 Å². The minimum Gasteiger partial charge on any atom is -0.508 e. The molecule has 0 saturated carbocycles. The van der Waals surface area contributed by atoms with E-state index in [9.17, 15) is 19.7 Å². The lowest BCUT2D eigenvalue weighted by Gasteiger charge is -2.37. The molecule has 38 heavy (non-hydrogen) atoms. The number of alkyl halides is 1. The van der Waals surface area contributed by atoms with E-state index in [-0.39, 0.29) is 31.6 Å². The van der Waals surface area contributed by atoms with E-state index < -0.39 is 6.10 Å². The molecule has 1 fully saturated rings. The van der Waals surface area contributed by atoms with Crippen LogP contribution in [0.3, 0.4) is 0 Å². The van der Waals surface area contributed by atoms with Crippen LogP contribution in [0.1, 0.15) is 40.8 Å². The predicted octanol–water partition coefficient (Wildman–Crippen LogP) is 4.76. The maximum Gasteiger partial charge on any atom is 0.150 e. The van der Waals surface area contributed by atoms with Crippen LogP contribution < -0.4 is 9.47 Å². The number of aromatic hydroxyl groups is 1. The average Bonchev–Trinajstić information content (AvgIpc) is 2.90. The molecule has 0 aliphatic carbocycles. The molecule has 3 aromatic carbocycles. The van der Waals surface area contributed by atoms with Gasteiger partial charge >= 0.3 is 0 Å². The normalized spacial score (nSPS) is 17.6. The number of allylic oxidation sites excluding steroid dienone is 1. The zero-order chi connectivity index (χ0) is 26.6. The summed E-state index contributed by atoms with van der Waals surface area (Å²) < 4.78 is 25.1. The molecule has 2 heterocycles. The van der Waals surface area contributed by atoms with Crippen LogP contribution in [0.4, 0.5) is 4.39 Å². The van der Waals surface area contributed by atoms with Crippen molar-refractivity contribution in [1.29, 1.82) is 0 Å². The molecule has 5 rings (SSSR count).